The van der Waals surface area contributed by atoms with Crippen LogP contribution in [0.25, 0.3) is 0 Å². The Kier molecular flexibility index (Phi) is 6.03. The minimum atomic E-state index is 0.599. The molecule has 1 aliphatic rings. The van der Waals surface area contributed by atoms with Crippen molar-refractivity contribution < 1.29 is 0 Å². The summed E-state index contributed by atoms with van der Waals surface area (Å²) in [6.45, 7) is 1.22. The van der Waals surface area contributed by atoms with E-state index in [1.54, 1.807) is 0 Å². The van der Waals surface area contributed by atoms with Crippen molar-refractivity contribution in [1.29, 1.82) is 5.26 Å². The molecular weight excluding hydrogens is 336 g/mol. The molecule has 3 nitrogen and oxygen atoms in total. The highest BCUT2D eigenvalue weighted by Gasteiger charge is 2.22. The van der Waals surface area contributed by atoms with Crippen LogP contribution >= 0.6 is 34.2 Å². The van der Waals surface area contributed by atoms with Gasteiger partial charge in [0, 0.05) is 33.6 Å². The summed E-state index contributed by atoms with van der Waals surface area (Å²) in [4.78, 5) is 6.64. The van der Waals surface area contributed by atoms with Crippen LogP contribution in [0.1, 0.15) is 24.4 Å². The summed E-state index contributed by atoms with van der Waals surface area (Å²) in [5, 5.41) is 7.08. The van der Waals surface area contributed by atoms with Crippen molar-refractivity contribution in [3.8, 4) is 5.53 Å². The fraction of sp³-hybridized carbons (Fsp3) is 0.455. The van der Waals surface area contributed by atoms with Crippen molar-refractivity contribution in [2.45, 2.75) is 18.9 Å². The summed E-state index contributed by atoms with van der Waals surface area (Å²) in [5.74, 6) is 0. The molecule has 16 heavy (non-hydrogen) atoms. The van der Waals surface area contributed by atoms with E-state index in [9.17, 15) is 0 Å². The minimum Gasteiger partial charge on any atom is -0.299 e. The Morgan fingerprint density at radius 1 is 1.62 bits per heavy atom. The van der Waals surface area contributed by atoms with E-state index >= 15 is 0 Å². The predicted octanol–water partition coefficient (Wildman–Crippen LogP) is 3.16. The number of hydrogen-bond acceptors (Lipinski definition) is 3. The molecule has 1 aliphatic heterocycles. The SMILES string of the molecule is CN1CCCC1c1cncc(I)c1.N#CCl. The summed E-state index contributed by atoms with van der Waals surface area (Å²) in [5.41, 5.74) is 2.59. The third-order valence-electron chi connectivity index (χ3n) is 2.63. The first kappa shape index (κ1) is 13.7. The highest BCUT2D eigenvalue weighted by molar-refractivity contribution is 14.1. The van der Waals surface area contributed by atoms with E-state index in [-0.39, 0.29) is 0 Å². The first-order valence-electron chi connectivity index (χ1n) is 4.99. The maximum Gasteiger partial charge on any atom is 0.173 e. The van der Waals surface area contributed by atoms with Crippen molar-refractivity contribution in [2.24, 2.45) is 0 Å². The predicted molar refractivity (Wildman–Crippen MR) is 73.0 cm³/mol. The van der Waals surface area contributed by atoms with Gasteiger partial charge >= 0.3 is 0 Å². The van der Waals surface area contributed by atoms with Gasteiger partial charge < -0.3 is 0 Å². The van der Waals surface area contributed by atoms with E-state index < -0.39 is 0 Å². The normalized spacial score (nSPS) is 19.8. The van der Waals surface area contributed by atoms with E-state index in [2.05, 4.69) is 57.2 Å². The molecule has 0 N–H and O–H groups in total. The van der Waals surface area contributed by atoms with E-state index in [1.165, 1.54) is 34.0 Å². The van der Waals surface area contributed by atoms with Crippen LogP contribution in [0.3, 0.4) is 0 Å². The molecule has 0 spiro atoms. The second-order valence-electron chi connectivity index (χ2n) is 3.66. The lowest BCUT2D eigenvalue weighted by Crippen LogP contribution is -2.17. The smallest absolute Gasteiger partial charge is 0.173 e. The second kappa shape index (κ2) is 7.05. The average molecular weight is 350 g/mol. The van der Waals surface area contributed by atoms with Gasteiger partial charge in [-0.3, -0.25) is 9.88 Å². The number of nitriles is 1. The van der Waals surface area contributed by atoms with Crippen LogP contribution in [0, 0.1) is 14.4 Å². The van der Waals surface area contributed by atoms with Gasteiger partial charge in [-0.25, -0.2) is 0 Å². The van der Waals surface area contributed by atoms with Gasteiger partial charge in [0.05, 0.1) is 0 Å². The van der Waals surface area contributed by atoms with Crippen molar-refractivity contribution >= 4 is 34.2 Å². The molecule has 0 bridgehead atoms. The Morgan fingerprint density at radius 3 is 2.81 bits per heavy atom. The van der Waals surface area contributed by atoms with Gasteiger partial charge in [0.25, 0.3) is 0 Å². The second-order valence-corrected chi connectivity index (χ2v) is 5.07. The molecule has 86 valence electrons. The number of pyridine rings is 1. The molecule has 1 atom stereocenters. The zero-order valence-electron chi connectivity index (χ0n) is 9.03. The third kappa shape index (κ3) is 3.89. The van der Waals surface area contributed by atoms with Crippen LogP contribution in [0.4, 0.5) is 0 Å². The quantitative estimate of drug-likeness (QED) is 0.731. The fourth-order valence-corrected chi connectivity index (χ4v) is 2.46. The first-order valence-corrected chi connectivity index (χ1v) is 6.45. The molecule has 1 unspecified atom stereocenters. The number of hydrogen-bond donors (Lipinski definition) is 0. The molecule has 2 rings (SSSR count). The molecular formula is C11H13ClIN3. The molecule has 1 aromatic rings. The first-order chi connectivity index (χ1) is 7.69. The van der Waals surface area contributed by atoms with E-state index in [0.717, 1.165) is 0 Å². The van der Waals surface area contributed by atoms with E-state index in [0.29, 0.717) is 6.04 Å². The van der Waals surface area contributed by atoms with Crippen LogP contribution in [-0.2, 0) is 0 Å². The number of nitrogens with zero attached hydrogens (tertiary/aromatic N) is 3. The highest BCUT2D eigenvalue weighted by Crippen LogP contribution is 2.30. The molecule has 0 aromatic carbocycles. The summed E-state index contributed by atoms with van der Waals surface area (Å²) < 4.78 is 1.23. The largest absolute Gasteiger partial charge is 0.299 e. The molecule has 5 heteroatoms. The number of halogens is 2. The lowest BCUT2D eigenvalue weighted by Gasteiger charge is -2.19. The van der Waals surface area contributed by atoms with Gasteiger partial charge in [-0.05, 0) is 60.7 Å². The van der Waals surface area contributed by atoms with Gasteiger partial charge in [0.1, 0.15) is 0 Å². The number of rotatable bonds is 1. The lowest BCUT2D eigenvalue weighted by molar-refractivity contribution is 0.317. The minimum absolute atomic E-state index is 0.599. The third-order valence-corrected chi connectivity index (χ3v) is 3.22. The Balaban J connectivity index is 0.000000386. The summed E-state index contributed by atoms with van der Waals surface area (Å²) in [6, 6.07) is 2.84. The van der Waals surface area contributed by atoms with Gasteiger partial charge in [0.2, 0.25) is 0 Å². The van der Waals surface area contributed by atoms with Crippen molar-refractivity contribution in [3.63, 3.8) is 0 Å². The van der Waals surface area contributed by atoms with Gasteiger partial charge in [-0.15, -0.1) is 0 Å². The van der Waals surface area contributed by atoms with Gasteiger partial charge in [-0.2, -0.15) is 5.26 Å². The van der Waals surface area contributed by atoms with Crippen LogP contribution in [0.15, 0.2) is 18.5 Å². The number of likely N-dealkylation sites (tertiary alicyclic amines) is 1. The van der Waals surface area contributed by atoms with Crippen LogP contribution < -0.4 is 0 Å². The van der Waals surface area contributed by atoms with E-state index in [4.69, 9.17) is 5.26 Å². The van der Waals surface area contributed by atoms with E-state index in [1.807, 2.05) is 12.4 Å². The van der Waals surface area contributed by atoms with Crippen molar-refractivity contribution in [3.05, 3.63) is 27.6 Å². The molecule has 0 amide bonds. The zero-order valence-corrected chi connectivity index (χ0v) is 11.9. The standard InChI is InChI=1S/C10H13IN2.CClN/c1-13-4-2-3-10(13)8-5-9(11)7-12-6-8;2-1-3/h5-7,10H,2-4H2,1H3;. The summed E-state index contributed by atoms with van der Waals surface area (Å²) >= 11 is 6.62. The Morgan fingerprint density at radius 2 is 2.31 bits per heavy atom. The van der Waals surface area contributed by atoms with Crippen molar-refractivity contribution in [2.75, 3.05) is 13.6 Å². The van der Waals surface area contributed by atoms with Crippen LogP contribution in [-0.4, -0.2) is 23.5 Å². The average Bonchev–Trinajstić information content (AvgIpc) is 2.65. The Labute approximate surface area is 115 Å². The molecule has 0 aliphatic carbocycles. The monoisotopic (exact) mass is 349 g/mol. The van der Waals surface area contributed by atoms with Crippen LogP contribution in [0.5, 0.6) is 0 Å². The highest BCUT2D eigenvalue weighted by atomic mass is 127. The van der Waals surface area contributed by atoms with Crippen molar-refractivity contribution in [1.82, 2.24) is 9.88 Å². The van der Waals surface area contributed by atoms with Crippen LogP contribution in [0.2, 0.25) is 0 Å². The van der Waals surface area contributed by atoms with Gasteiger partial charge in [0.15, 0.2) is 5.53 Å². The molecule has 0 radical (unpaired) electrons. The fourth-order valence-electron chi connectivity index (χ4n) is 1.94. The van der Waals surface area contributed by atoms with Gasteiger partial charge in [-0.1, -0.05) is 0 Å². The maximum atomic E-state index is 7.08. The number of aromatic nitrogens is 1. The summed E-state index contributed by atoms with van der Waals surface area (Å²) in [7, 11) is 2.19. The Hall–Kier alpha value is -0.380. The molecule has 1 saturated heterocycles. The summed E-state index contributed by atoms with van der Waals surface area (Å²) in [6.07, 6.45) is 6.48. The molecule has 0 saturated carbocycles. The lowest BCUT2D eigenvalue weighted by atomic mass is 10.1. The molecule has 1 fully saturated rings. The Bertz CT molecular complexity index is 378. The maximum absolute atomic E-state index is 7.08. The molecule has 1 aromatic heterocycles. The zero-order chi connectivity index (χ0) is 12.0. The topological polar surface area (TPSA) is 39.9 Å². The molecule has 2 heterocycles.